The number of carbonyl (C=O) groups excluding carboxylic acids is 1. The van der Waals surface area contributed by atoms with Crippen molar-refractivity contribution < 1.29 is 14.3 Å². The molecule has 5 nitrogen and oxygen atoms in total. The quantitative estimate of drug-likeness (QED) is 0.648. The number of esters is 1. The fourth-order valence-electron chi connectivity index (χ4n) is 1.90. The number of carbonyl (C=O) groups is 1. The fourth-order valence-corrected chi connectivity index (χ4v) is 1.90. The van der Waals surface area contributed by atoms with Gasteiger partial charge in [-0.05, 0) is 13.3 Å². The molecule has 0 aromatic rings. The van der Waals surface area contributed by atoms with Crippen molar-refractivity contribution in [3.63, 3.8) is 0 Å². The van der Waals surface area contributed by atoms with Crippen LogP contribution in [0.1, 0.15) is 13.3 Å². The molecule has 1 heterocycles. The Hall–Kier alpha value is -0.650. The van der Waals surface area contributed by atoms with Crippen LogP contribution in [0.15, 0.2) is 0 Å². The standard InChI is InChI=1S/C10H20N2O3/c1-10(11,9(13)15-3)7-12-5-4-8(6-12)14-2/h8H,4-7,11H2,1-3H3. The molecule has 5 heteroatoms. The molecule has 2 N–H and O–H groups in total. The van der Waals surface area contributed by atoms with Gasteiger partial charge in [0.05, 0.1) is 13.2 Å². The van der Waals surface area contributed by atoms with Crippen molar-refractivity contribution >= 4 is 5.97 Å². The zero-order valence-electron chi connectivity index (χ0n) is 9.66. The van der Waals surface area contributed by atoms with Crippen molar-refractivity contribution in [2.75, 3.05) is 33.9 Å². The van der Waals surface area contributed by atoms with Gasteiger partial charge in [0.2, 0.25) is 0 Å². The van der Waals surface area contributed by atoms with Crippen LogP contribution in [-0.4, -0.2) is 56.4 Å². The van der Waals surface area contributed by atoms with E-state index in [4.69, 9.17) is 10.5 Å². The summed E-state index contributed by atoms with van der Waals surface area (Å²) in [6, 6.07) is 0. The molecular formula is C10H20N2O3. The first-order valence-electron chi connectivity index (χ1n) is 5.12. The van der Waals surface area contributed by atoms with Crippen LogP contribution in [0.3, 0.4) is 0 Å². The number of ether oxygens (including phenoxy) is 2. The predicted octanol–water partition coefficient (Wildman–Crippen LogP) is -0.402. The molecule has 1 fully saturated rings. The van der Waals surface area contributed by atoms with Gasteiger partial charge in [-0.3, -0.25) is 9.69 Å². The Morgan fingerprint density at radius 2 is 2.27 bits per heavy atom. The van der Waals surface area contributed by atoms with E-state index in [1.165, 1.54) is 7.11 Å². The van der Waals surface area contributed by atoms with E-state index in [1.807, 2.05) is 0 Å². The second-order valence-corrected chi connectivity index (χ2v) is 4.29. The van der Waals surface area contributed by atoms with Crippen molar-refractivity contribution in [2.45, 2.75) is 25.0 Å². The number of hydrogen-bond acceptors (Lipinski definition) is 5. The largest absolute Gasteiger partial charge is 0.468 e. The summed E-state index contributed by atoms with van der Waals surface area (Å²) >= 11 is 0. The first-order valence-corrected chi connectivity index (χ1v) is 5.12. The van der Waals surface area contributed by atoms with E-state index in [9.17, 15) is 4.79 Å². The van der Waals surface area contributed by atoms with Crippen molar-refractivity contribution in [1.29, 1.82) is 0 Å². The monoisotopic (exact) mass is 216 g/mol. The molecule has 1 rings (SSSR count). The van der Waals surface area contributed by atoms with Gasteiger partial charge in [-0.15, -0.1) is 0 Å². The number of rotatable bonds is 4. The molecular weight excluding hydrogens is 196 g/mol. The summed E-state index contributed by atoms with van der Waals surface area (Å²) in [7, 11) is 3.06. The highest BCUT2D eigenvalue weighted by Crippen LogP contribution is 2.15. The number of methoxy groups -OCH3 is 2. The Kier molecular flexibility index (Phi) is 4.07. The second-order valence-electron chi connectivity index (χ2n) is 4.29. The highest BCUT2D eigenvalue weighted by molar-refractivity contribution is 5.80. The normalized spacial score (nSPS) is 26.3. The average molecular weight is 216 g/mol. The molecule has 1 aliphatic rings. The minimum atomic E-state index is -0.933. The van der Waals surface area contributed by atoms with E-state index in [1.54, 1.807) is 14.0 Å². The van der Waals surface area contributed by atoms with E-state index in [2.05, 4.69) is 9.64 Å². The van der Waals surface area contributed by atoms with Gasteiger partial charge in [0, 0.05) is 26.7 Å². The molecule has 0 amide bonds. The lowest BCUT2D eigenvalue weighted by Crippen LogP contribution is -2.54. The SMILES string of the molecule is COC(=O)C(C)(N)CN1CCC(OC)C1. The number of nitrogens with zero attached hydrogens (tertiary/aromatic N) is 1. The maximum Gasteiger partial charge on any atom is 0.326 e. The third-order valence-corrected chi connectivity index (χ3v) is 2.77. The zero-order chi connectivity index (χ0) is 11.5. The highest BCUT2D eigenvalue weighted by Gasteiger charge is 2.34. The fraction of sp³-hybridized carbons (Fsp3) is 0.900. The van der Waals surface area contributed by atoms with Crippen LogP contribution in [-0.2, 0) is 14.3 Å². The molecule has 0 aromatic carbocycles. The van der Waals surface area contributed by atoms with Crippen molar-refractivity contribution in [2.24, 2.45) is 5.73 Å². The number of nitrogens with two attached hydrogens (primary N) is 1. The van der Waals surface area contributed by atoms with Crippen LogP contribution in [0.5, 0.6) is 0 Å². The molecule has 15 heavy (non-hydrogen) atoms. The topological polar surface area (TPSA) is 64.8 Å². The van der Waals surface area contributed by atoms with E-state index in [-0.39, 0.29) is 12.1 Å². The Morgan fingerprint density at radius 1 is 1.60 bits per heavy atom. The molecule has 1 aliphatic heterocycles. The van der Waals surface area contributed by atoms with Crippen LogP contribution in [0, 0.1) is 0 Å². The first-order chi connectivity index (χ1) is 6.99. The Bertz CT molecular complexity index is 231. The van der Waals surface area contributed by atoms with Gasteiger partial charge in [-0.1, -0.05) is 0 Å². The summed E-state index contributed by atoms with van der Waals surface area (Å²) < 4.78 is 9.90. The van der Waals surface area contributed by atoms with Crippen LogP contribution in [0.2, 0.25) is 0 Å². The summed E-state index contributed by atoms with van der Waals surface area (Å²) in [6.45, 7) is 3.96. The van der Waals surface area contributed by atoms with Crippen molar-refractivity contribution in [3.05, 3.63) is 0 Å². The van der Waals surface area contributed by atoms with Gasteiger partial charge >= 0.3 is 5.97 Å². The maximum atomic E-state index is 11.4. The molecule has 0 radical (unpaired) electrons. The van der Waals surface area contributed by atoms with Gasteiger partial charge in [0.25, 0.3) is 0 Å². The Morgan fingerprint density at radius 3 is 2.73 bits per heavy atom. The summed E-state index contributed by atoms with van der Waals surface area (Å²) in [5.74, 6) is -0.372. The molecule has 0 bridgehead atoms. The van der Waals surface area contributed by atoms with E-state index < -0.39 is 5.54 Å². The van der Waals surface area contributed by atoms with Crippen molar-refractivity contribution in [1.82, 2.24) is 4.90 Å². The summed E-state index contributed by atoms with van der Waals surface area (Å²) in [5, 5.41) is 0. The molecule has 0 aliphatic carbocycles. The van der Waals surface area contributed by atoms with Gasteiger partial charge in [0.1, 0.15) is 5.54 Å². The van der Waals surface area contributed by atoms with Crippen LogP contribution in [0.4, 0.5) is 0 Å². The second kappa shape index (κ2) is 4.92. The zero-order valence-corrected chi connectivity index (χ0v) is 9.66. The Balaban J connectivity index is 2.45. The molecule has 0 aromatic heterocycles. The van der Waals surface area contributed by atoms with Crippen molar-refractivity contribution in [3.8, 4) is 0 Å². The molecule has 0 saturated carbocycles. The van der Waals surface area contributed by atoms with Crippen LogP contribution in [0.25, 0.3) is 0 Å². The smallest absolute Gasteiger partial charge is 0.326 e. The molecule has 2 atom stereocenters. The van der Waals surface area contributed by atoms with E-state index in [0.717, 1.165) is 19.5 Å². The first kappa shape index (κ1) is 12.4. The lowest BCUT2D eigenvalue weighted by Gasteiger charge is -2.27. The summed E-state index contributed by atoms with van der Waals surface area (Å²) in [5.41, 5.74) is 4.95. The third kappa shape index (κ3) is 3.15. The lowest BCUT2D eigenvalue weighted by atomic mass is 10.0. The van der Waals surface area contributed by atoms with E-state index in [0.29, 0.717) is 6.54 Å². The van der Waals surface area contributed by atoms with Gasteiger partial charge in [-0.2, -0.15) is 0 Å². The molecule has 2 unspecified atom stereocenters. The maximum absolute atomic E-state index is 11.4. The molecule has 1 saturated heterocycles. The van der Waals surface area contributed by atoms with Crippen LogP contribution >= 0.6 is 0 Å². The van der Waals surface area contributed by atoms with E-state index >= 15 is 0 Å². The summed E-state index contributed by atoms with van der Waals surface area (Å²) in [4.78, 5) is 13.5. The Labute approximate surface area is 90.5 Å². The highest BCUT2D eigenvalue weighted by atomic mass is 16.5. The van der Waals surface area contributed by atoms with Gasteiger partial charge in [-0.25, -0.2) is 0 Å². The minimum absolute atomic E-state index is 0.262. The van der Waals surface area contributed by atoms with Gasteiger partial charge in [0.15, 0.2) is 0 Å². The summed E-state index contributed by atoms with van der Waals surface area (Å²) in [6.07, 6.45) is 1.26. The lowest BCUT2D eigenvalue weighted by molar-refractivity contribution is -0.147. The number of likely N-dealkylation sites (tertiary alicyclic amines) is 1. The third-order valence-electron chi connectivity index (χ3n) is 2.77. The average Bonchev–Trinajstić information content (AvgIpc) is 2.63. The van der Waals surface area contributed by atoms with Crippen LogP contribution < -0.4 is 5.73 Å². The predicted molar refractivity (Wildman–Crippen MR) is 56.5 cm³/mol. The molecule has 88 valence electrons. The van der Waals surface area contributed by atoms with Gasteiger partial charge < -0.3 is 15.2 Å². The minimum Gasteiger partial charge on any atom is -0.468 e. The number of hydrogen-bond donors (Lipinski definition) is 1. The molecule has 0 spiro atoms.